The lowest BCUT2D eigenvalue weighted by Crippen LogP contribution is -2.20. The summed E-state index contributed by atoms with van der Waals surface area (Å²) < 4.78 is 24.5. The van der Waals surface area contributed by atoms with Crippen molar-refractivity contribution in [2.45, 2.75) is 33.8 Å². The summed E-state index contributed by atoms with van der Waals surface area (Å²) >= 11 is 2.89. The number of thioether (sulfide) groups is 2. The summed E-state index contributed by atoms with van der Waals surface area (Å²) in [6, 6.07) is 0. The van der Waals surface area contributed by atoms with E-state index in [1.54, 1.807) is 13.8 Å². The fraction of sp³-hybridized carbons (Fsp3) is 0.667. The van der Waals surface area contributed by atoms with Crippen molar-refractivity contribution in [2.24, 2.45) is 5.92 Å². The molecule has 7 heteroatoms. The van der Waals surface area contributed by atoms with Crippen LogP contribution in [0, 0.1) is 5.92 Å². The van der Waals surface area contributed by atoms with Gasteiger partial charge in [0.05, 0.1) is 28.9 Å². The normalized spacial score (nSPS) is 17.3. The van der Waals surface area contributed by atoms with E-state index in [0.29, 0.717) is 5.31 Å². The van der Waals surface area contributed by atoms with Crippen molar-refractivity contribution in [3.05, 3.63) is 20.4 Å². The van der Waals surface area contributed by atoms with Crippen molar-refractivity contribution in [3.8, 4) is 0 Å². The van der Waals surface area contributed by atoms with E-state index in [0.717, 1.165) is 4.24 Å². The molecule has 1 unspecified atom stereocenters. The molecule has 0 fully saturated rings. The summed E-state index contributed by atoms with van der Waals surface area (Å²) in [5.41, 5.74) is 0. The zero-order valence-electron chi connectivity index (χ0n) is 11.7. The minimum atomic E-state index is -3.44. The number of aliphatic hydroxyl groups is 1. The topological polar surface area (TPSA) is 55.8 Å². The summed E-state index contributed by atoms with van der Waals surface area (Å²) in [7, 11) is -3.44. The zero-order chi connectivity index (χ0) is 14.5. The molecule has 0 aromatic rings. The molecule has 0 saturated carbocycles. The first kappa shape index (κ1) is 17.3. The van der Waals surface area contributed by atoms with Gasteiger partial charge in [0, 0.05) is 0 Å². The molecule has 0 spiro atoms. The van der Waals surface area contributed by atoms with Gasteiger partial charge < -0.3 is 14.2 Å². The predicted octanol–water partition coefficient (Wildman–Crippen LogP) is 4.39. The molecule has 4 nitrogen and oxygen atoms in total. The van der Waals surface area contributed by atoms with Crippen LogP contribution >= 0.6 is 31.1 Å². The largest absolute Gasteiger partial charge is 0.388 e. The van der Waals surface area contributed by atoms with Gasteiger partial charge in [0.2, 0.25) is 0 Å². The van der Waals surface area contributed by atoms with E-state index in [9.17, 15) is 9.67 Å². The van der Waals surface area contributed by atoms with Crippen LogP contribution in [0.2, 0.25) is 0 Å². The monoisotopic (exact) mass is 324 g/mol. The van der Waals surface area contributed by atoms with E-state index in [4.69, 9.17) is 9.05 Å². The third kappa shape index (κ3) is 4.38. The average molecular weight is 324 g/mol. The van der Waals surface area contributed by atoms with Crippen molar-refractivity contribution in [3.63, 3.8) is 0 Å². The standard InChI is InChI=1S/C12H21O4PS2/c1-5-15-17(14,16-6-2)11(10(13)9(3)4)12-18-7-8-19-12/h7-10,13H,5-6H2,1-4H3. The van der Waals surface area contributed by atoms with Crippen molar-refractivity contribution >= 4 is 31.1 Å². The summed E-state index contributed by atoms with van der Waals surface area (Å²) in [5, 5.41) is 14.6. The van der Waals surface area contributed by atoms with Crippen LogP contribution in [-0.4, -0.2) is 24.4 Å². The maximum Gasteiger partial charge on any atom is 0.361 e. The molecule has 0 aromatic carbocycles. The van der Waals surface area contributed by atoms with E-state index in [2.05, 4.69) is 0 Å². The molecular weight excluding hydrogens is 303 g/mol. The summed E-state index contributed by atoms with van der Waals surface area (Å²) in [6.07, 6.45) is -0.834. The van der Waals surface area contributed by atoms with E-state index in [1.165, 1.54) is 23.5 Å². The lowest BCUT2D eigenvalue weighted by atomic mass is 10.1. The van der Waals surface area contributed by atoms with E-state index >= 15 is 0 Å². The first-order valence-corrected chi connectivity index (χ1v) is 9.56. The Labute approximate surface area is 123 Å². The molecule has 1 rings (SSSR count). The Morgan fingerprint density at radius 1 is 1.26 bits per heavy atom. The number of hydrogen-bond acceptors (Lipinski definition) is 6. The van der Waals surface area contributed by atoms with Crippen LogP contribution in [0.25, 0.3) is 0 Å². The van der Waals surface area contributed by atoms with Gasteiger partial charge in [-0.05, 0) is 30.6 Å². The molecule has 1 aliphatic rings. The highest BCUT2D eigenvalue weighted by molar-refractivity contribution is 8.27. The van der Waals surface area contributed by atoms with Crippen LogP contribution in [0.15, 0.2) is 20.4 Å². The van der Waals surface area contributed by atoms with Crippen LogP contribution < -0.4 is 0 Å². The molecule has 0 saturated heterocycles. The molecule has 0 radical (unpaired) electrons. The van der Waals surface area contributed by atoms with Gasteiger partial charge in [-0.2, -0.15) is 0 Å². The van der Waals surface area contributed by atoms with Gasteiger partial charge in [0.25, 0.3) is 0 Å². The Morgan fingerprint density at radius 3 is 2.11 bits per heavy atom. The molecule has 19 heavy (non-hydrogen) atoms. The van der Waals surface area contributed by atoms with Crippen molar-refractivity contribution < 1.29 is 18.7 Å². The number of rotatable bonds is 7. The van der Waals surface area contributed by atoms with Gasteiger partial charge in [-0.15, -0.1) is 0 Å². The Morgan fingerprint density at radius 2 is 1.74 bits per heavy atom. The highest BCUT2D eigenvalue weighted by atomic mass is 32.2. The SMILES string of the molecule is CCOP(=O)(OCC)C(=C1SC=CS1)C(O)C(C)C. The minimum Gasteiger partial charge on any atom is -0.388 e. The molecule has 110 valence electrons. The van der Waals surface area contributed by atoms with Gasteiger partial charge in [0.15, 0.2) is 0 Å². The highest BCUT2D eigenvalue weighted by Crippen LogP contribution is 2.62. The molecular formula is C12H21O4PS2. The third-order valence-electron chi connectivity index (χ3n) is 2.42. The highest BCUT2D eigenvalue weighted by Gasteiger charge is 2.39. The Balaban J connectivity index is 3.21. The number of hydrogen-bond donors (Lipinski definition) is 1. The Kier molecular flexibility index (Phi) is 7.22. The molecule has 0 aromatic heterocycles. The zero-order valence-corrected chi connectivity index (χ0v) is 14.2. The molecule has 1 atom stereocenters. The smallest absolute Gasteiger partial charge is 0.361 e. The van der Waals surface area contributed by atoms with Gasteiger partial charge in [-0.1, -0.05) is 37.4 Å². The van der Waals surface area contributed by atoms with E-state index in [-0.39, 0.29) is 19.1 Å². The molecule has 0 aliphatic carbocycles. The van der Waals surface area contributed by atoms with Crippen LogP contribution in [0.1, 0.15) is 27.7 Å². The lowest BCUT2D eigenvalue weighted by Gasteiger charge is -2.26. The fourth-order valence-electron chi connectivity index (χ4n) is 1.55. The maximum absolute atomic E-state index is 12.9. The van der Waals surface area contributed by atoms with Crippen LogP contribution in [0.4, 0.5) is 0 Å². The lowest BCUT2D eigenvalue weighted by molar-refractivity contribution is 0.154. The molecule has 1 heterocycles. The molecule has 1 N–H and O–H groups in total. The van der Waals surface area contributed by atoms with Crippen LogP contribution in [0.3, 0.4) is 0 Å². The van der Waals surface area contributed by atoms with E-state index < -0.39 is 13.7 Å². The fourth-order valence-corrected chi connectivity index (χ4v) is 6.15. The van der Waals surface area contributed by atoms with Crippen molar-refractivity contribution in [1.29, 1.82) is 0 Å². The predicted molar refractivity (Wildman–Crippen MR) is 83.1 cm³/mol. The summed E-state index contributed by atoms with van der Waals surface area (Å²) in [5.74, 6) is -0.0569. The molecule has 1 aliphatic heterocycles. The second-order valence-electron chi connectivity index (χ2n) is 4.20. The molecule has 0 bridgehead atoms. The summed E-state index contributed by atoms with van der Waals surface area (Å²) in [6.45, 7) is 7.85. The van der Waals surface area contributed by atoms with Gasteiger partial charge in [-0.25, -0.2) is 0 Å². The second-order valence-corrected chi connectivity index (χ2v) is 8.29. The van der Waals surface area contributed by atoms with Gasteiger partial charge in [0.1, 0.15) is 0 Å². The minimum absolute atomic E-state index is 0.0569. The number of aliphatic hydroxyl groups excluding tert-OH is 1. The molecule has 0 amide bonds. The van der Waals surface area contributed by atoms with Crippen molar-refractivity contribution in [2.75, 3.05) is 13.2 Å². The van der Waals surface area contributed by atoms with E-state index in [1.807, 2.05) is 24.7 Å². The average Bonchev–Trinajstić information content (AvgIpc) is 2.83. The van der Waals surface area contributed by atoms with Crippen LogP contribution in [0.5, 0.6) is 0 Å². The van der Waals surface area contributed by atoms with Crippen molar-refractivity contribution in [1.82, 2.24) is 0 Å². The maximum atomic E-state index is 12.9. The first-order chi connectivity index (χ1) is 8.96. The quantitative estimate of drug-likeness (QED) is 0.701. The first-order valence-electron chi connectivity index (χ1n) is 6.26. The summed E-state index contributed by atoms with van der Waals surface area (Å²) in [4.78, 5) is 0. The Hall–Kier alpha value is 0.290. The third-order valence-corrected chi connectivity index (χ3v) is 7.16. The second kappa shape index (κ2) is 7.91. The Bertz CT molecular complexity index is 387. The van der Waals surface area contributed by atoms with Crippen LogP contribution in [-0.2, 0) is 13.6 Å². The van der Waals surface area contributed by atoms with Gasteiger partial charge >= 0.3 is 7.60 Å². The van der Waals surface area contributed by atoms with Gasteiger partial charge in [-0.3, -0.25) is 4.57 Å².